The molecule has 0 spiro atoms. The van der Waals surface area contributed by atoms with Gasteiger partial charge in [0.2, 0.25) is 15.9 Å². The van der Waals surface area contributed by atoms with E-state index in [9.17, 15) is 13.2 Å². The first-order valence-corrected chi connectivity index (χ1v) is 10.6. The SMILES string of the molecule is CC1Cc2ccccc2N1C(=O)CN(c1cccc(Cl)c1Cl)S(C)(=O)=O. The van der Waals surface area contributed by atoms with Gasteiger partial charge in [0.15, 0.2) is 0 Å². The summed E-state index contributed by atoms with van der Waals surface area (Å²) >= 11 is 12.2. The van der Waals surface area contributed by atoms with Gasteiger partial charge in [-0.2, -0.15) is 0 Å². The number of benzene rings is 2. The molecular weight excluding hydrogens is 395 g/mol. The minimum absolute atomic E-state index is 0.0452. The summed E-state index contributed by atoms with van der Waals surface area (Å²) in [5.74, 6) is -0.316. The Morgan fingerprint density at radius 2 is 1.88 bits per heavy atom. The summed E-state index contributed by atoms with van der Waals surface area (Å²) in [6.45, 7) is 1.59. The summed E-state index contributed by atoms with van der Waals surface area (Å²) in [4.78, 5) is 14.6. The van der Waals surface area contributed by atoms with Gasteiger partial charge in [0, 0.05) is 11.7 Å². The lowest BCUT2D eigenvalue weighted by molar-refractivity contribution is -0.117. The molecule has 0 fully saturated rings. The van der Waals surface area contributed by atoms with Gasteiger partial charge in [-0.3, -0.25) is 9.10 Å². The molecule has 0 saturated carbocycles. The molecule has 2 aromatic carbocycles. The zero-order valence-electron chi connectivity index (χ0n) is 14.3. The van der Waals surface area contributed by atoms with Gasteiger partial charge in [0.1, 0.15) is 6.54 Å². The van der Waals surface area contributed by atoms with Crippen molar-refractivity contribution in [1.82, 2.24) is 0 Å². The molecule has 8 heteroatoms. The molecule has 0 bridgehead atoms. The van der Waals surface area contributed by atoms with Crippen LogP contribution in [0.4, 0.5) is 11.4 Å². The molecule has 0 aromatic heterocycles. The van der Waals surface area contributed by atoms with Crippen molar-refractivity contribution in [3.63, 3.8) is 0 Å². The van der Waals surface area contributed by atoms with Crippen LogP contribution in [0.1, 0.15) is 12.5 Å². The Morgan fingerprint density at radius 1 is 1.19 bits per heavy atom. The molecule has 1 aliphatic rings. The van der Waals surface area contributed by atoms with E-state index in [1.165, 1.54) is 6.07 Å². The predicted molar refractivity (Wildman–Crippen MR) is 106 cm³/mol. The fraction of sp³-hybridized carbons (Fsp3) is 0.278. The van der Waals surface area contributed by atoms with Crippen LogP contribution in [-0.4, -0.2) is 33.2 Å². The molecule has 1 amide bonds. The van der Waals surface area contributed by atoms with Crippen LogP contribution in [0.3, 0.4) is 0 Å². The quantitative estimate of drug-likeness (QED) is 0.768. The van der Waals surface area contributed by atoms with Crippen molar-refractivity contribution in [3.05, 3.63) is 58.1 Å². The van der Waals surface area contributed by atoms with Crippen molar-refractivity contribution in [2.24, 2.45) is 0 Å². The number of anilines is 2. The van der Waals surface area contributed by atoms with Crippen LogP contribution in [0.15, 0.2) is 42.5 Å². The molecule has 2 aromatic rings. The molecule has 0 radical (unpaired) electrons. The van der Waals surface area contributed by atoms with E-state index in [0.717, 1.165) is 28.2 Å². The molecule has 26 heavy (non-hydrogen) atoms. The van der Waals surface area contributed by atoms with Crippen LogP contribution in [0.25, 0.3) is 0 Å². The van der Waals surface area contributed by atoms with E-state index in [0.29, 0.717) is 0 Å². The summed E-state index contributed by atoms with van der Waals surface area (Å²) in [6, 6.07) is 12.3. The van der Waals surface area contributed by atoms with Crippen LogP contribution in [0, 0.1) is 0 Å². The van der Waals surface area contributed by atoms with Crippen molar-refractivity contribution in [2.75, 3.05) is 22.0 Å². The number of para-hydroxylation sites is 1. The Morgan fingerprint density at radius 3 is 2.58 bits per heavy atom. The number of fused-ring (bicyclic) bond motifs is 1. The topological polar surface area (TPSA) is 57.7 Å². The maximum atomic E-state index is 13.0. The second kappa shape index (κ2) is 7.10. The first kappa shape index (κ1) is 19.0. The highest BCUT2D eigenvalue weighted by Gasteiger charge is 2.33. The van der Waals surface area contributed by atoms with E-state index in [4.69, 9.17) is 23.2 Å². The first-order chi connectivity index (χ1) is 12.2. The van der Waals surface area contributed by atoms with Crippen LogP contribution in [0.2, 0.25) is 10.0 Å². The highest BCUT2D eigenvalue weighted by atomic mass is 35.5. The number of nitrogens with zero attached hydrogens (tertiary/aromatic N) is 2. The number of amides is 1. The van der Waals surface area contributed by atoms with E-state index in [2.05, 4.69) is 0 Å². The van der Waals surface area contributed by atoms with Gasteiger partial charge in [-0.05, 0) is 37.1 Å². The molecule has 3 rings (SSSR count). The Labute approximate surface area is 163 Å². The number of hydrogen-bond acceptors (Lipinski definition) is 3. The number of hydrogen-bond donors (Lipinski definition) is 0. The molecule has 0 N–H and O–H groups in total. The van der Waals surface area contributed by atoms with Crippen molar-refractivity contribution in [1.29, 1.82) is 0 Å². The largest absolute Gasteiger partial charge is 0.307 e. The molecule has 0 saturated heterocycles. The lowest BCUT2D eigenvalue weighted by atomic mass is 10.1. The third-order valence-corrected chi connectivity index (χ3v) is 6.29. The fourth-order valence-corrected chi connectivity index (χ4v) is 4.51. The van der Waals surface area contributed by atoms with Gasteiger partial charge in [-0.25, -0.2) is 8.42 Å². The minimum atomic E-state index is -3.73. The normalized spacial score (nSPS) is 16.5. The molecule has 1 aliphatic heterocycles. The highest BCUT2D eigenvalue weighted by molar-refractivity contribution is 7.92. The molecular formula is C18H18Cl2N2O3S. The van der Waals surface area contributed by atoms with Crippen LogP contribution in [0.5, 0.6) is 0 Å². The Hall–Kier alpha value is -1.76. The third-order valence-electron chi connectivity index (χ3n) is 4.36. The number of halogens is 2. The van der Waals surface area contributed by atoms with Gasteiger partial charge < -0.3 is 4.90 Å². The molecule has 1 atom stereocenters. The van der Waals surface area contributed by atoms with E-state index < -0.39 is 10.0 Å². The number of rotatable bonds is 4. The van der Waals surface area contributed by atoms with Crippen LogP contribution < -0.4 is 9.21 Å². The van der Waals surface area contributed by atoms with Crippen LogP contribution in [-0.2, 0) is 21.2 Å². The maximum absolute atomic E-state index is 13.0. The number of sulfonamides is 1. The Kier molecular flexibility index (Phi) is 5.19. The zero-order chi connectivity index (χ0) is 19.1. The van der Waals surface area contributed by atoms with Crippen molar-refractivity contribution in [3.8, 4) is 0 Å². The van der Waals surface area contributed by atoms with E-state index >= 15 is 0 Å². The van der Waals surface area contributed by atoms with Crippen molar-refractivity contribution in [2.45, 2.75) is 19.4 Å². The molecule has 0 aliphatic carbocycles. The predicted octanol–water partition coefficient (Wildman–Crippen LogP) is 3.74. The Balaban J connectivity index is 1.96. The lowest BCUT2D eigenvalue weighted by Gasteiger charge is -2.28. The number of carbonyl (C=O) groups is 1. The van der Waals surface area contributed by atoms with Gasteiger partial charge in [-0.1, -0.05) is 47.5 Å². The van der Waals surface area contributed by atoms with Crippen molar-refractivity contribution < 1.29 is 13.2 Å². The van der Waals surface area contributed by atoms with E-state index in [1.807, 2.05) is 31.2 Å². The van der Waals surface area contributed by atoms with Gasteiger partial charge in [0.25, 0.3) is 0 Å². The molecule has 138 valence electrons. The zero-order valence-corrected chi connectivity index (χ0v) is 16.6. The summed E-state index contributed by atoms with van der Waals surface area (Å²) in [5, 5.41) is 0.326. The smallest absolute Gasteiger partial charge is 0.248 e. The van der Waals surface area contributed by atoms with E-state index in [1.54, 1.807) is 17.0 Å². The lowest BCUT2D eigenvalue weighted by Crippen LogP contribution is -2.45. The average Bonchev–Trinajstić information content (AvgIpc) is 2.90. The fourth-order valence-electron chi connectivity index (χ4n) is 3.21. The van der Waals surface area contributed by atoms with Gasteiger partial charge in [0.05, 0.1) is 22.0 Å². The second-order valence-corrected chi connectivity index (χ2v) is 8.98. The minimum Gasteiger partial charge on any atom is -0.307 e. The van der Waals surface area contributed by atoms with Gasteiger partial charge in [-0.15, -0.1) is 0 Å². The van der Waals surface area contributed by atoms with Gasteiger partial charge >= 0.3 is 0 Å². The first-order valence-electron chi connectivity index (χ1n) is 8.02. The Bertz CT molecular complexity index is 963. The number of carbonyl (C=O) groups excluding carboxylic acids is 1. The average molecular weight is 413 g/mol. The summed E-state index contributed by atoms with van der Waals surface area (Å²) in [5.41, 5.74) is 2.07. The standard InChI is InChI=1S/C18H18Cl2N2O3S/c1-12-10-13-6-3-4-8-15(13)22(12)17(23)11-21(26(2,24)25)16-9-5-7-14(19)18(16)20/h3-9,12H,10-11H2,1-2H3. The monoisotopic (exact) mass is 412 g/mol. The molecule has 5 nitrogen and oxygen atoms in total. The highest BCUT2D eigenvalue weighted by Crippen LogP contribution is 2.35. The van der Waals surface area contributed by atoms with Crippen molar-refractivity contribution >= 4 is 50.5 Å². The summed E-state index contributed by atoms with van der Waals surface area (Å²) < 4.78 is 25.6. The molecule has 1 heterocycles. The third kappa shape index (κ3) is 3.54. The summed E-state index contributed by atoms with van der Waals surface area (Å²) in [6.07, 6.45) is 1.78. The maximum Gasteiger partial charge on any atom is 0.248 e. The molecule has 1 unspecified atom stereocenters. The van der Waals surface area contributed by atoms with Crippen LogP contribution >= 0.6 is 23.2 Å². The summed E-state index contributed by atoms with van der Waals surface area (Å²) in [7, 11) is -3.73. The second-order valence-electron chi connectivity index (χ2n) is 6.29. The van der Waals surface area contributed by atoms with E-state index in [-0.39, 0.29) is 34.2 Å².